The number of aromatic nitrogens is 3. The summed E-state index contributed by atoms with van der Waals surface area (Å²) < 4.78 is 19.7. The van der Waals surface area contributed by atoms with Crippen LogP contribution in [0, 0.1) is 5.82 Å². The van der Waals surface area contributed by atoms with Crippen LogP contribution in [0.15, 0.2) is 35.2 Å². The zero-order valence-corrected chi connectivity index (χ0v) is 14.5. The number of nitrogens with one attached hydrogen (secondary N) is 2. The fourth-order valence-corrected chi connectivity index (χ4v) is 2.71. The number of amides is 1. The van der Waals surface area contributed by atoms with Gasteiger partial charge in [-0.2, -0.15) is 0 Å². The predicted molar refractivity (Wildman–Crippen MR) is 91.7 cm³/mol. The summed E-state index contributed by atoms with van der Waals surface area (Å²) in [6.45, 7) is 3.59. The van der Waals surface area contributed by atoms with E-state index < -0.39 is 11.7 Å². The Morgan fingerprint density at radius 1 is 1.33 bits per heavy atom. The second-order valence-electron chi connectivity index (χ2n) is 5.32. The molecular formula is C16H14BrFN4O2. The van der Waals surface area contributed by atoms with Crippen LogP contribution in [0.5, 0.6) is 5.75 Å². The number of hydrogen-bond donors (Lipinski definition) is 2. The summed E-state index contributed by atoms with van der Waals surface area (Å²) in [5.41, 5.74) is 0.747. The van der Waals surface area contributed by atoms with E-state index in [9.17, 15) is 9.18 Å². The van der Waals surface area contributed by atoms with Gasteiger partial charge in [0.1, 0.15) is 17.8 Å². The number of carbonyl (C=O) groups is 1. The van der Waals surface area contributed by atoms with Crippen molar-refractivity contribution in [3.05, 3.63) is 46.6 Å². The van der Waals surface area contributed by atoms with Crippen LogP contribution in [0.2, 0.25) is 0 Å². The molecule has 0 saturated carbocycles. The third-order valence-corrected chi connectivity index (χ3v) is 4.02. The maximum Gasteiger partial charge on any atom is 0.258 e. The van der Waals surface area contributed by atoms with Crippen LogP contribution in [0.1, 0.15) is 24.2 Å². The summed E-state index contributed by atoms with van der Waals surface area (Å²) in [5, 5.41) is 3.34. The lowest BCUT2D eigenvalue weighted by Gasteiger charge is -2.13. The molecule has 3 aromatic rings. The van der Waals surface area contributed by atoms with Crippen molar-refractivity contribution in [3.63, 3.8) is 0 Å². The third-order valence-electron chi connectivity index (χ3n) is 3.24. The van der Waals surface area contributed by atoms with E-state index >= 15 is 0 Å². The second-order valence-corrected chi connectivity index (χ2v) is 6.12. The summed E-state index contributed by atoms with van der Waals surface area (Å²) in [6.07, 6.45) is 2.86. The molecule has 0 radical (unpaired) electrons. The van der Waals surface area contributed by atoms with Crippen LogP contribution in [0.4, 0.5) is 10.2 Å². The minimum Gasteiger partial charge on any atom is -0.488 e. The number of aromatic amines is 1. The summed E-state index contributed by atoms with van der Waals surface area (Å²) in [6, 6.07) is 4.68. The number of carbonyl (C=O) groups excluding carboxylic acids is 1. The molecule has 124 valence electrons. The standard InChI is InChI=1S/C16H14BrFN4O2/c1-8(2)24-11-4-3-9(12(17)13(11)18)16(23)22-15-10-5-6-19-14(10)20-7-21-15/h3-8H,1-2H3,(H2,19,20,21,22,23). The molecule has 0 aliphatic heterocycles. The molecular weight excluding hydrogens is 379 g/mol. The van der Waals surface area contributed by atoms with Crippen molar-refractivity contribution in [2.24, 2.45) is 0 Å². The minimum atomic E-state index is -0.620. The van der Waals surface area contributed by atoms with E-state index in [0.717, 1.165) is 0 Å². The van der Waals surface area contributed by atoms with E-state index in [1.165, 1.54) is 18.5 Å². The number of hydrogen-bond acceptors (Lipinski definition) is 4. The van der Waals surface area contributed by atoms with Crippen LogP contribution in [0.3, 0.4) is 0 Å². The maximum atomic E-state index is 14.3. The molecule has 2 N–H and O–H groups in total. The van der Waals surface area contributed by atoms with Crippen molar-refractivity contribution in [3.8, 4) is 5.75 Å². The number of benzene rings is 1. The van der Waals surface area contributed by atoms with Crippen molar-refractivity contribution in [2.45, 2.75) is 20.0 Å². The van der Waals surface area contributed by atoms with E-state index in [1.54, 1.807) is 26.1 Å². The molecule has 0 saturated heterocycles. The van der Waals surface area contributed by atoms with Crippen LogP contribution in [-0.4, -0.2) is 27.0 Å². The molecule has 24 heavy (non-hydrogen) atoms. The molecule has 0 fully saturated rings. The molecule has 1 aromatic carbocycles. The highest BCUT2D eigenvalue weighted by atomic mass is 79.9. The molecule has 3 rings (SSSR count). The number of H-pyrrole nitrogens is 1. The maximum absolute atomic E-state index is 14.3. The molecule has 2 heterocycles. The molecule has 0 spiro atoms. The Balaban J connectivity index is 1.90. The molecule has 8 heteroatoms. The van der Waals surface area contributed by atoms with E-state index in [2.05, 4.69) is 36.2 Å². The number of rotatable bonds is 4. The highest BCUT2D eigenvalue weighted by Crippen LogP contribution is 2.30. The monoisotopic (exact) mass is 392 g/mol. The Kier molecular flexibility index (Phi) is 4.48. The zero-order chi connectivity index (χ0) is 17.3. The number of anilines is 1. The number of nitrogens with zero attached hydrogens (tertiary/aromatic N) is 2. The first-order valence-corrected chi connectivity index (χ1v) is 8.00. The van der Waals surface area contributed by atoms with Gasteiger partial charge in [-0.3, -0.25) is 4.79 Å². The largest absolute Gasteiger partial charge is 0.488 e. The smallest absolute Gasteiger partial charge is 0.258 e. The average molecular weight is 393 g/mol. The highest BCUT2D eigenvalue weighted by molar-refractivity contribution is 9.10. The van der Waals surface area contributed by atoms with Gasteiger partial charge in [-0.1, -0.05) is 0 Å². The Hall–Kier alpha value is -2.48. The van der Waals surface area contributed by atoms with Gasteiger partial charge in [0.25, 0.3) is 5.91 Å². The van der Waals surface area contributed by atoms with Crippen molar-refractivity contribution >= 4 is 38.7 Å². The van der Waals surface area contributed by atoms with E-state index in [-0.39, 0.29) is 21.9 Å². The van der Waals surface area contributed by atoms with Gasteiger partial charge in [-0.25, -0.2) is 14.4 Å². The molecule has 0 atom stereocenters. The topological polar surface area (TPSA) is 79.9 Å². The van der Waals surface area contributed by atoms with Crippen molar-refractivity contribution in [1.29, 1.82) is 0 Å². The average Bonchev–Trinajstić information content (AvgIpc) is 3.01. The lowest BCUT2D eigenvalue weighted by atomic mass is 10.2. The van der Waals surface area contributed by atoms with Gasteiger partial charge in [-0.15, -0.1) is 0 Å². The summed E-state index contributed by atoms with van der Waals surface area (Å²) in [7, 11) is 0. The fraction of sp³-hybridized carbons (Fsp3) is 0.188. The molecule has 0 aliphatic carbocycles. The molecule has 0 bridgehead atoms. The van der Waals surface area contributed by atoms with E-state index in [1.807, 2.05) is 0 Å². The molecule has 1 amide bonds. The first-order valence-electron chi connectivity index (χ1n) is 7.21. The van der Waals surface area contributed by atoms with Gasteiger partial charge in [-0.05, 0) is 48.0 Å². The fourth-order valence-electron chi connectivity index (χ4n) is 2.20. The van der Waals surface area contributed by atoms with Gasteiger partial charge in [0.05, 0.1) is 21.5 Å². The Morgan fingerprint density at radius 2 is 2.12 bits per heavy atom. The van der Waals surface area contributed by atoms with Crippen LogP contribution in [0.25, 0.3) is 11.0 Å². The first-order chi connectivity index (χ1) is 11.5. The van der Waals surface area contributed by atoms with Crippen molar-refractivity contribution < 1.29 is 13.9 Å². The lowest BCUT2D eigenvalue weighted by molar-refractivity contribution is 0.102. The first kappa shape index (κ1) is 16.4. The molecule has 0 aliphatic rings. The minimum absolute atomic E-state index is 0.0394. The summed E-state index contributed by atoms with van der Waals surface area (Å²) >= 11 is 3.12. The second kappa shape index (κ2) is 6.56. The van der Waals surface area contributed by atoms with Crippen LogP contribution >= 0.6 is 15.9 Å². The lowest BCUT2D eigenvalue weighted by Crippen LogP contribution is -2.15. The Morgan fingerprint density at radius 3 is 2.88 bits per heavy atom. The van der Waals surface area contributed by atoms with Gasteiger partial charge < -0.3 is 15.0 Å². The van der Waals surface area contributed by atoms with E-state index in [4.69, 9.17) is 4.74 Å². The molecule has 6 nitrogen and oxygen atoms in total. The molecule has 0 unspecified atom stereocenters. The van der Waals surface area contributed by atoms with Gasteiger partial charge in [0.15, 0.2) is 11.6 Å². The Labute approximate surface area is 145 Å². The number of fused-ring (bicyclic) bond motifs is 1. The van der Waals surface area contributed by atoms with Gasteiger partial charge in [0.2, 0.25) is 0 Å². The van der Waals surface area contributed by atoms with Gasteiger partial charge >= 0.3 is 0 Å². The van der Waals surface area contributed by atoms with E-state index in [0.29, 0.717) is 16.9 Å². The quantitative estimate of drug-likeness (QED) is 0.705. The molecule has 2 aromatic heterocycles. The number of ether oxygens (including phenoxy) is 1. The predicted octanol–water partition coefficient (Wildman–Crippen LogP) is 3.90. The zero-order valence-electron chi connectivity index (χ0n) is 12.9. The van der Waals surface area contributed by atoms with Crippen LogP contribution < -0.4 is 10.1 Å². The SMILES string of the molecule is CC(C)Oc1ccc(C(=O)Nc2ncnc3[nH]ccc23)c(Br)c1F. The summed E-state index contributed by atoms with van der Waals surface area (Å²) in [5.74, 6) is -0.673. The van der Waals surface area contributed by atoms with Crippen molar-refractivity contribution in [1.82, 2.24) is 15.0 Å². The van der Waals surface area contributed by atoms with Crippen molar-refractivity contribution in [2.75, 3.05) is 5.32 Å². The summed E-state index contributed by atoms with van der Waals surface area (Å²) in [4.78, 5) is 23.5. The van der Waals surface area contributed by atoms with Gasteiger partial charge in [0, 0.05) is 6.20 Å². The van der Waals surface area contributed by atoms with Crippen LogP contribution in [-0.2, 0) is 0 Å². The third kappa shape index (κ3) is 3.09. The Bertz CT molecular complexity index is 910. The normalized spacial score (nSPS) is 11.0. The highest BCUT2D eigenvalue weighted by Gasteiger charge is 2.19. The number of halogens is 2.